The van der Waals surface area contributed by atoms with E-state index in [0.717, 1.165) is 24.3 Å². The molecule has 8 nitrogen and oxygen atoms in total. The molecule has 36 heavy (non-hydrogen) atoms. The minimum atomic E-state index is -0.154. The van der Waals surface area contributed by atoms with Crippen LogP contribution < -0.4 is 23.8 Å². The first-order chi connectivity index (χ1) is 17.0. The molecule has 0 aliphatic carbocycles. The van der Waals surface area contributed by atoms with Crippen LogP contribution in [-0.4, -0.2) is 69.4 Å². The Kier molecular flexibility index (Phi) is 11.6. The molecule has 1 aromatic heterocycles. The number of carbonyl (C=O) groups is 1. The van der Waals surface area contributed by atoms with Gasteiger partial charge in [-0.05, 0) is 57.3 Å². The summed E-state index contributed by atoms with van der Waals surface area (Å²) in [5.41, 5.74) is 1.18. The highest BCUT2D eigenvalue weighted by Crippen LogP contribution is 2.40. The van der Waals surface area contributed by atoms with Crippen LogP contribution in [0.25, 0.3) is 10.2 Å². The second kappa shape index (κ2) is 14.1. The van der Waals surface area contributed by atoms with Crippen LogP contribution in [0.5, 0.6) is 23.0 Å². The van der Waals surface area contributed by atoms with Crippen molar-refractivity contribution in [2.45, 2.75) is 27.7 Å². The lowest BCUT2D eigenvalue weighted by Gasteiger charge is -2.25. The molecule has 0 saturated carbocycles. The Hall–Kier alpha value is -2.75. The number of ether oxygens (including phenoxy) is 4. The van der Waals surface area contributed by atoms with E-state index in [1.54, 1.807) is 37.3 Å². The zero-order valence-electron chi connectivity index (χ0n) is 21.8. The molecule has 1 heterocycles. The summed E-state index contributed by atoms with van der Waals surface area (Å²) >= 11 is 1.42. The molecule has 0 radical (unpaired) electrons. The maximum Gasteiger partial charge on any atom is 0.260 e. The third kappa shape index (κ3) is 6.52. The molecular formula is C26H36ClN3O5S. The second-order valence-electron chi connectivity index (χ2n) is 7.66. The zero-order chi connectivity index (χ0) is 25.4. The summed E-state index contributed by atoms with van der Waals surface area (Å²) in [4.78, 5) is 22.7. The van der Waals surface area contributed by atoms with Crippen molar-refractivity contribution in [1.82, 2.24) is 9.88 Å². The van der Waals surface area contributed by atoms with E-state index in [9.17, 15) is 4.79 Å². The lowest BCUT2D eigenvalue weighted by Crippen LogP contribution is -2.38. The molecule has 0 saturated heterocycles. The molecule has 10 heteroatoms. The van der Waals surface area contributed by atoms with Crippen LogP contribution in [0.15, 0.2) is 30.3 Å². The number of methoxy groups -OCH3 is 2. The summed E-state index contributed by atoms with van der Waals surface area (Å²) in [5, 5.41) is 0.590. The summed E-state index contributed by atoms with van der Waals surface area (Å²) in [6, 6.07) is 8.98. The number of likely N-dealkylation sites (N-methyl/N-ethyl adjacent to an activating group) is 1. The predicted molar refractivity (Wildman–Crippen MR) is 148 cm³/mol. The summed E-state index contributed by atoms with van der Waals surface area (Å²) < 4.78 is 23.3. The smallest absolute Gasteiger partial charge is 0.260 e. The van der Waals surface area contributed by atoms with Gasteiger partial charge in [-0.25, -0.2) is 4.98 Å². The molecule has 3 aromatic rings. The fraction of sp³-hybridized carbons (Fsp3) is 0.462. The van der Waals surface area contributed by atoms with E-state index in [2.05, 4.69) is 18.7 Å². The van der Waals surface area contributed by atoms with Crippen molar-refractivity contribution in [1.29, 1.82) is 0 Å². The number of fused-ring (bicyclic) bond motifs is 1. The van der Waals surface area contributed by atoms with Crippen molar-refractivity contribution in [3.63, 3.8) is 0 Å². The first-order valence-corrected chi connectivity index (χ1v) is 12.8. The fourth-order valence-corrected chi connectivity index (χ4v) is 4.89. The van der Waals surface area contributed by atoms with Gasteiger partial charge >= 0.3 is 0 Å². The van der Waals surface area contributed by atoms with Crippen molar-refractivity contribution < 1.29 is 23.7 Å². The number of anilines is 1. The van der Waals surface area contributed by atoms with E-state index in [-0.39, 0.29) is 18.3 Å². The normalized spacial score (nSPS) is 10.8. The van der Waals surface area contributed by atoms with Gasteiger partial charge in [-0.15, -0.1) is 12.4 Å². The molecule has 198 valence electrons. The van der Waals surface area contributed by atoms with Gasteiger partial charge in [-0.1, -0.05) is 25.2 Å². The Morgan fingerprint density at radius 3 is 2.08 bits per heavy atom. The number of rotatable bonds is 13. The van der Waals surface area contributed by atoms with E-state index in [1.165, 1.54) is 11.3 Å². The number of amides is 1. The van der Waals surface area contributed by atoms with Crippen LogP contribution >= 0.6 is 23.7 Å². The molecule has 0 N–H and O–H groups in total. The quantitative estimate of drug-likeness (QED) is 0.284. The number of hydrogen-bond acceptors (Lipinski definition) is 8. The van der Waals surface area contributed by atoms with Crippen molar-refractivity contribution in [2.75, 3.05) is 58.5 Å². The van der Waals surface area contributed by atoms with E-state index in [4.69, 9.17) is 23.9 Å². The number of benzene rings is 2. The highest BCUT2D eigenvalue weighted by atomic mass is 35.5. The summed E-state index contributed by atoms with van der Waals surface area (Å²) in [7, 11) is 3.23. The van der Waals surface area contributed by atoms with Gasteiger partial charge in [0.15, 0.2) is 16.6 Å². The van der Waals surface area contributed by atoms with Crippen LogP contribution in [0.3, 0.4) is 0 Å². The van der Waals surface area contributed by atoms with Crippen LogP contribution in [-0.2, 0) is 0 Å². The number of nitrogens with zero attached hydrogens (tertiary/aromatic N) is 3. The van der Waals surface area contributed by atoms with Gasteiger partial charge in [-0.3, -0.25) is 9.69 Å². The number of carbonyl (C=O) groups excluding carboxylic acids is 1. The highest BCUT2D eigenvalue weighted by molar-refractivity contribution is 7.22. The molecule has 3 rings (SSSR count). The molecule has 0 fully saturated rings. The molecule has 0 aliphatic heterocycles. The average Bonchev–Trinajstić information content (AvgIpc) is 3.32. The lowest BCUT2D eigenvalue weighted by atomic mass is 10.1. The van der Waals surface area contributed by atoms with Gasteiger partial charge in [-0.2, -0.15) is 0 Å². The molecule has 0 spiro atoms. The molecule has 0 atom stereocenters. The zero-order valence-corrected chi connectivity index (χ0v) is 23.5. The number of halogens is 1. The van der Waals surface area contributed by atoms with Gasteiger partial charge in [0.25, 0.3) is 5.91 Å². The minimum Gasteiger partial charge on any atom is -0.495 e. The Morgan fingerprint density at radius 2 is 1.47 bits per heavy atom. The van der Waals surface area contributed by atoms with Crippen molar-refractivity contribution in [3.8, 4) is 23.0 Å². The third-order valence-electron chi connectivity index (χ3n) is 5.70. The molecule has 0 aliphatic rings. The first kappa shape index (κ1) is 29.5. The maximum atomic E-state index is 13.9. The second-order valence-corrected chi connectivity index (χ2v) is 8.63. The topological polar surface area (TPSA) is 73.4 Å². The van der Waals surface area contributed by atoms with Gasteiger partial charge in [0.05, 0.1) is 27.4 Å². The average molecular weight is 538 g/mol. The van der Waals surface area contributed by atoms with Crippen molar-refractivity contribution in [3.05, 3.63) is 35.9 Å². The first-order valence-electron chi connectivity index (χ1n) is 12.0. The molecule has 2 aromatic carbocycles. The van der Waals surface area contributed by atoms with E-state index < -0.39 is 0 Å². The van der Waals surface area contributed by atoms with Gasteiger partial charge in [0, 0.05) is 18.7 Å². The number of thiazole rings is 1. The van der Waals surface area contributed by atoms with Crippen LogP contribution in [0.4, 0.5) is 5.13 Å². The van der Waals surface area contributed by atoms with Gasteiger partial charge in [0.1, 0.15) is 21.7 Å². The maximum absolute atomic E-state index is 13.9. The molecular weight excluding hydrogens is 502 g/mol. The van der Waals surface area contributed by atoms with Gasteiger partial charge < -0.3 is 23.8 Å². The lowest BCUT2D eigenvalue weighted by molar-refractivity contribution is 0.0983. The van der Waals surface area contributed by atoms with Crippen LogP contribution in [0.1, 0.15) is 38.1 Å². The summed E-state index contributed by atoms with van der Waals surface area (Å²) in [5.74, 6) is 2.35. The monoisotopic (exact) mass is 537 g/mol. The largest absolute Gasteiger partial charge is 0.495 e. The van der Waals surface area contributed by atoms with E-state index >= 15 is 0 Å². The van der Waals surface area contributed by atoms with Crippen molar-refractivity contribution >= 4 is 45.0 Å². The number of aromatic nitrogens is 1. The highest BCUT2D eigenvalue weighted by Gasteiger charge is 2.25. The Balaban J connectivity index is 0.00000456. The Morgan fingerprint density at radius 1 is 0.861 bits per heavy atom. The van der Waals surface area contributed by atoms with Crippen LogP contribution in [0, 0.1) is 0 Å². The molecule has 1 amide bonds. The fourth-order valence-electron chi connectivity index (χ4n) is 3.80. The summed E-state index contributed by atoms with van der Waals surface area (Å²) in [6.45, 7) is 12.0. The summed E-state index contributed by atoms with van der Waals surface area (Å²) in [6.07, 6.45) is 0. The van der Waals surface area contributed by atoms with Crippen molar-refractivity contribution in [2.24, 2.45) is 0 Å². The minimum absolute atomic E-state index is 0. The standard InChI is InChI=1S/C26H35N3O5S.ClH/c1-7-28(8-2)15-16-29(25(30)18-11-12-19(33-9-3)22(17-18)34-10-4)26-27-23-20(31-5)13-14-21(32-6)24(23)35-26;/h11-14,17H,7-10,15-16H2,1-6H3;1H. The Bertz CT molecular complexity index is 1100. The molecule has 0 bridgehead atoms. The number of hydrogen-bond donors (Lipinski definition) is 0. The predicted octanol–water partition coefficient (Wildman–Crippen LogP) is 5.52. The Labute approximate surface area is 223 Å². The van der Waals surface area contributed by atoms with E-state index in [1.807, 2.05) is 26.0 Å². The SMILES string of the molecule is CCOc1ccc(C(=O)N(CCN(CC)CC)c2nc3c(OC)ccc(OC)c3s2)cc1OCC.Cl. The van der Waals surface area contributed by atoms with E-state index in [0.29, 0.717) is 59.0 Å². The van der Waals surface area contributed by atoms with Crippen LogP contribution in [0.2, 0.25) is 0 Å². The van der Waals surface area contributed by atoms with Gasteiger partial charge in [0.2, 0.25) is 0 Å². The third-order valence-corrected chi connectivity index (χ3v) is 6.79. The molecule has 0 unspecified atom stereocenters.